The number of piperidine rings is 1. The maximum absolute atomic E-state index is 6.13. The lowest BCUT2D eigenvalue weighted by molar-refractivity contribution is 0.0605. The molecule has 1 aromatic carbocycles. The lowest BCUT2D eigenvalue weighted by Crippen LogP contribution is -2.54. The van der Waals surface area contributed by atoms with E-state index in [1.54, 1.807) is 0 Å². The Labute approximate surface area is 124 Å². The first-order valence-electron chi connectivity index (χ1n) is 8.17. The first kappa shape index (κ1) is 15.5. The second-order valence-electron chi connectivity index (χ2n) is 6.53. The van der Waals surface area contributed by atoms with Crippen molar-refractivity contribution in [1.82, 2.24) is 4.90 Å². The van der Waals surface area contributed by atoms with Crippen molar-refractivity contribution in [3.63, 3.8) is 0 Å². The Balaban J connectivity index is 1.92. The molecule has 2 N–H and O–H groups in total. The number of benzene rings is 1. The molecule has 2 heteroatoms. The summed E-state index contributed by atoms with van der Waals surface area (Å²) < 4.78 is 0. The zero-order chi connectivity index (χ0) is 14.4. The Hall–Kier alpha value is -0.860. The van der Waals surface area contributed by atoms with Crippen molar-refractivity contribution in [3.8, 4) is 0 Å². The molecule has 20 heavy (non-hydrogen) atoms. The minimum absolute atomic E-state index is 0.161. The second kappa shape index (κ2) is 7.24. The molecule has 1 saturated heterocycles. The molecule has 0 saturated carbocycles. The van der Waals surface area contributed by atoms with Crippen LogP contribution in [0.25, 0.3) is 0 Å². The smallest absolute Gasteiger partial charge is 0.0306 e. The van der Waals surface area contributed by atoms with Crippen molar-refractivity contribution >= 4 is 0 Å². The molecular formula is C18H30N2. The van der Waals surface area contributed by atoms with E-state index in [0.717, 1.165) is 25.3 Å². The van der Waals surface area contributed by atoms with Crippen molar-refractivity contribution in [1.29, 1.82) is 0 Å². The van der Waals surface area contributed by atoms with E-state index in [1.165, 1.54) is 37.9 Å². The Bertz CT molecular complexity index is 382. The number of likely N-dealkylation sites (tertiary alicyclic amines) is 1. The minimum atomic E-state index is 0.161. The zero-order valence-electron chi connectivity index (χ0n) is 13.1. The van der Waals surface area contributed by atoms with Crippen LogP contribution in [0.3, 0.4) is 0 Å². The van der Waals surface area contributed by atoms with Crippen LogP contribution in [0, 0.1) is 5.92 Å². The summed E-state index contributed by atoms with van der Waals surface area (Å²) in [5.41, 5.74) is 7.72. The van der Waals surface area contributed by atoms with Crippen molar-refractivity contribution in [2.75, 3.05) is 19.6 Å². The average molecular weight is 274 g/mol. The van der Waals surface area contributed by atoms with Gasteiger partial charge in [0.05, 0.1) is 0 Å². The lowest BCUT2D eigenvalue weighted by Gasteiger charge is -2.44. The molecule has 0 aromatic heterocycles. The molecule has 1 aliphatic heterocycles. The lowest BCUT2D eigenvalue weighted by atomic mass is 9.86. The van der Waals surface area contributed by atoms with E-state index >= 15 is 0 Å². The van der Waals surface area contributed by atoms with E-state index in [2.05, 4.69) is 49.1 Å². The summed E-state index contributed by atoms with van der Waals surface area (Å²) in [6, 6.07) is 10.8. The van der Waals surface area contributed by atoms with Gasteiger partial charge in [0.25, 0.3) is 0 Å². The molecular weight excluding hydrogens is 244 g/mol. The maximum Gasteiger partial charge on any atom is 0.0306 e. The first-order chi connectivity index (χ1) is 9.68. The van der Waals surface area contributed by atoms with Crippen LogP contribution in [0.4, 0.5) is 0 Å². The van der Waals surface area contributed by atoms with Gasteiger partial charge in [-0.3, -0.25) is 4.90 Å². The summed E-state index contributed by atoms with van der Waals surface area (Å²) >= 11 is 0. The highest BCUT2D eigenvalue weighted by Crippen LogP contribution is 2.28. The van der Waals surface area contributed by atoms with Crippen LogP contribution in [0.15, 0.2) is 30.3 Å². The molecule has 1 aromatic rings. The summed E-state index contributed by atoms with van der Waals surface area (Å²) in [6.07, 6.45) is 6.30. The standard InChI is InChI=1S/C18H30N2/c1-3-16-10-13-20(14-11-16)18(2,15-19)12-9-17-7-5-4-6-8-17/h4-8,16H,3,9-15,19H2,1-2H3. The van der Waals surface area contributed by atoms with Gasteiger partial charge in [0.2, 0.25) is 0 Å². The molecule has 1 unspecified atom stereocenters. The average Bonchev–Trinajstić information content (AvgIpc) is 2.53. The van der Waals surface area contributed by atoms with Crippen molar-refractivity contribution < 1.29 is 0 Å². The van der Waals surface area contributed by atoms with Crippen molar-refractivity contribution in [2.45, 2.75) is 51.5 Å². The number of hydrogen-bond donors (Lipinski definition) is 1. The third kappa shape index (κ3) is 3.83. The van der Waals surface area contributed by atoms with Gasteiger partial charge in [0.15, 0.2) is 0 Å². The van der Waals surface area contributed by atoms with Crippen LogP contribution in [-0.4, -0.2) is 30.1 Å². The zero-order valence-corrected chi connectivity index (χ0v) is 13.1. The van der Waals surface area contributed by atoms with E-state index in [1.807, 2.05) is 0 Å². The Morgan fingerprint density at radius 1 is 1.20 bits per heavy atom. The van der Waals surface area contributed by atoms with E-state index < -0.39 is 0 Å². The molecule has 1 heterocycles. The highest BCUT2D eigenvalue weighted by Gasteiger charge is 2.32. The minimum Gasteiger partial charge on any atom is -0.329 e. The van der Waals surface area contributed by atoms with E-state index in [0.29, 0.717) is 0 Å². The Morgan fingerprint density at radius 3 is 2.40 bits per heavy atom. The number of aryl methyl sites for hydroxylation is 1. The van der Waals surface area contributed by atoms with Crippen LogP contribution in [0.2, 0.25) is 0 Å². The van der Waals surface area contributed by atoms with Crippen LogP contribution in [0.5, 0.6) is 0 Å². The van der Waals surface area contributed by atoms with Gasteiger partial charge in [-0.1, -0.05) is 43.7 Å². The van der Waals surface area contributed by atoms with Gasteiger partial charge in [-0.15, -0.1) is 0 Å². The highest BCUT2D eigenvalue weighted by atomic mass is 15.2. The van der Waals surface area contributed by atoms with Crippen molar-refractivity contribution in [3.05, 3.63) is 35.9 Å². The molecule has 0 amide bonds. The number of nitrogens with two attached hydrogens (primary N) is 1. The van der Waals surface area contributed by atoms with E-state index in [9.17, 15) is 0 Å². The molecule has 2 rings (SSSR count). The fraction of sp³-hybridized carbons (Fsp3) is 0.667. The summed E-state index contributed by atoms with van der Waals surface area (Å²) in [7, 11) is 0. The summed E-state index contributed by atoms with van der Waals surface area (Å²) in [6.45, 7) is 7.87. The predicted molar refractivity (Wildman–Crippen MR) is 86.8 cm³/mol. The maximum atomic E-state index is 6.13. The normalized spacial score (nSPS) is 20.8. The highest BCUT2D eigenvalue weighted by molar-refractivity contribution is 5.15. The number of rotatable bonds is 6. The molecule has 1 aliphatic rings. The number of nitrogens with zero attached hydrogens (tertiary/aromatic N) is 1. The fourth-order valence-corrected chi connectivity index (χ4v) is 3.33. The van der Waals surface area contributed by atoms with Gasteiger partial charge < -0.3 is 5.73 Å². The SMILES string of the molecule is CCC1CCN(C(C)(CN)CCc2ccccc2)CC1. The van der Waals surface area contributed by atoms with Crippen LogP contribution in [-0.2, 0) is 6.42 Å². The molecule has 0 radical (unpaired) electrons. The molecule has 0 aliphatic carbocycles. The molecule has 1 fully saturated rings. The monoisotopic (exact) mass is 274 g/mol. The summed E-state index contributed by atoms with van der Waals surface area (Å²) in [5.74, 6) is 0.933. The number of hydrogen-bond acceptors (Lipinski definition) is 2. The van der Waals surface area contributed by atoms with Crippen molar-refractivity contribution in [2.24, 2.45) is 11.7 Å². The largest absolute Gasteiger partial charge is 0.329 e. The summed E-state index contributed by atoms with van der Waals surface area (Å²) in [5, 5.41) is 0. The second-order valence-corrected chi connectivity index (χ2v) is 6.53. The molecule has 0 spiro atoms. The van der Waals surface area contributed by atoms with Crippen LogP contribution < -0.4 is 5.73 Å². The third-order valence-electron chi connectivity index (χ3n) is 5.19. The van der Waals surface area contributed by atoms with Gasteiger partial charge in [0, 0.05) is 12.1 Å². The fourth-order valence-electron chi connectivity index (χ4n) is 3.33. The predicted octanol–water partition coefficient (Wildman–Crippen LogP) is 3.46. The third-order valence-corrected chi connectivity index (χ3v) is 5.19. The van der Waals surface area contributed by atoms with Gasteiger partial charge in [-0.25, -0.2) is 0 Å². The molecule has 1 atom stereocenters. The van der Waals surface area contributed by atoms with E-state index in [4.69, 9.17) is 5.73 Å². The molecule has 112 valence electrons. The van der Waals surface area contributed by atoms with Gasteiger partial charge in [-0.05, 0) is 57.2 Å². The van der Waals surface area contributed by atoms with Crippen LogP contribution >= 0.6 is 0 Å². The van der Waals surface area contributed by atoms with Crippen LogP contribution in [0.1, 0.15) is 45.1 Å². The van der Waals surface area contributed by atoms with Gasteiger partial charge in [0.1, 0.15) is 0 Å². The van der Waals surface area contributed by atoms with Gasteiger partial charge in [-0.2, -0.15) is 0 Å². The Morgan fingerprint density at radius 2 is 1.85 bits per heavy atom. The molecule has 2 nitrogen and oxygen atoms in total. The van der Waals surface area contributed by atoms with Gasteiger partial charge >= 0.3 is 0 Å². The summed E-state index contributed by atoms with van der Waals surface area (Å²) in [4.78, 5) is 2.64. The Kier molecular flexibility index (Phi) is 5.62. The van der Waals surface area contributed by atoms with E-state index in [-0.39, 0.29) is 5.54 Å². The quantitative estimate of drug-likeness (QED) is 0.861. The molecule has 0 bridgehead atoms. The topological polar surface area (TPSA) is 29.3 Å². The first-order valence-corrected chi connectivity index (χ1v) is 8.17.